The lowest BCUT2D eigenvalue weighted by molar-refractivity contribution is -0.900. The molecule has 0 unspecified atom stereocenters. The zero-order chi connectivity index (χ0) is 17.1. The average molecular weight is 355 g/mol. The number of carbonyl (C=O) groups is 1. The summed E-state index contributed by atoms with van der Waals surface area (Å²) in [6.07, 6.45) is 0. The predicted octanol–water partition coefficient (Wildman–Crippen LogP) is 1.41. The molecule has 2 aromatic carbocycles. The molecule has 1 amide bonds. The molecule has 2 aliphatic rings. The van der Waals surface area contributed by atoms with Crippen molar-refractivity contribution in [1.29, 1.82) is 0 Å². The highest BCUT2D eigenvalue weighted by Gasteiger charge is 2.26. The topological polar surface area (TPSA) is 42.8 Å². The van der Waals surface area contributed by atoms with Crippen LogP contribution in [-0.4, -0.2) is 38.8 Å². The fourth-order valence-corrected chi connectivity index (χ4v) is 4.65. The van der Waals surface area contributed by atoms with Crippen LogP contribution in [0.4, 0.5) is 0 Å². The first-order valence-electron chi connectivity index (χ1n) is 8.81. The van der Waals surface area contributed by atoms with Crippen molar-refractivity contribution in [2.75, 3.05) is 32.8 Å². The van der Waals surface area contributed by atoms with Crippen molar-refractivity contribution >= 4 is 17.7 Å². The molecule has 0 saturated carbocycles. The Balaban J connectivity index is 1.60. The van der Waals surface area contributed by atoms with Gasteiger partial charge in [-0.15, -0.1) is 11.8 Å². The number of carbonyl (C=O) groups excluding carboxylic acids is 1. The lowest BCUT2D eigenvalue weighted by atomic mass is 9.95. The second-order valence-electron chi connectivity index (χ2n) is 6.56. The Bertz CT molecular complexity index is 711. The number of morpholine rings is 1. The van der Waals surface area contributed by atoms with Crippen LogP contribution in [0.3, 0.4) is 0 Å². The summed E-state index contributed by atoms with van der Waals surface area (Å²) in [6.45, 7) is 3.81. The van der Waals surface area contributed by atoms with Gasteiger partial charge < -0.3 is 15.0 Å². The van der Waals surface area contributed by atoms with E-state index < -0.39 is 0 Å². The van der Waals surface area contributed by atoms with Crippen LogP contribution in [0.25, 0.3) is 0 Å². The summed E-state index contributed by atoms with van der Waals surface area (Å²) in [5.74, 6) is 1.05. The van der Waals surface area contributed by atoms with E-state index in [1.54, 1.807) is 0 Å². The zero-order valence-electron chi connectivity index (χ0n) is 14.2. The monoisotopic (exact) mass is 355 g/mol. The Morgan fingerprint density at radius 1 is 1.08 bits per heavy atom. The maximum absolute atomic E-state index is 12.7. The molecule has 4 nitrogen and oxygen atoms in total. The van der Waals surface area contributed by atoms with Crippen LogP contribution in [0, 0.1) is 0 Å². The van der Waals surface area contributed by atoms with Gasteiger partial charge in [0.25, 0.3) is 5.91 Å². The van der Waals surface area contributed by atoms with Crippen LogP contribution in [0.1, 0.15) is 22.7 Å². The van der Waals surface area contributed by atoms with Gasteiger partial charge in [0.2, 0.25) is 0 Å². The maximum Gasteiger partial charge on any atom is 0.275 e. The molecule has 1 saturated heterocycles. The van der Waals surface area contributed by atoms with Crippen molar-refractivity contribution < 1.29 is 14.4 Å². The van der Waals surface area contributed by atoms with Gasteiger partial charge in [-0.1, -0.05) is 42.5 Å². The summed E-state index contributed by atoms with van der Waals surface area (Å²) < 4.78 is 5.39. The summed E-state index contributed by atoms with van der Waals surface area (Å²) in [6, 6.07) is 16.8. The van der Waals surface area contributed by atoms with Crippen LogP contribution in [0.5, 0.6) is 0 Å². The number of amides is 1. The van der Waals surface area contributed by atoms with E-state index in [2.05, 4.69) is 53.8 Å². The van der Waals surface area contributed by atoms with Gasteiger partial charge in [0.05, 0.1) is 19.3 Å². The molecule has 25 heavy (non-hydrogen) atoms. The molecule has 5 heteroatoms. The first-order valence-corrected chi connectivity index (χ1v) is 9.80. The van der Waals surface area contributed by atoms with Crippen LogP contribution >= 0.6 is 11.8 Å². The first-order chi connectivity index (χ1) is 12.3. The highest BCUT2D eigenvalue weighted by Crippen LogP contribution is 2.39. The van der Waals surface area contributed by atoms with Crippen molar-refractivity contribution in [2.45, 2.75) is 16.7 Å². The second kappa shape index (κ2) is 7.60. The van der Waals surface area contributed by atoms with Gasteiger partial charge in [0.1, 0.15) is 13.1 Å². The molecule has 0 radical (unpaired) electrons. The number of ether oxygens (including phenoxy) is 1. The van der Waals surface area contributed by atoms with E-state index in [1.807, 2.05) is 11.8 Å². The normalized spacial score (nSPS) is 20.2. The standard InChI is InChI=1S/C20H22N2O2S/c23-19(13-22-9-11-24-12-10-22)21-20-16-6-2-1-5-15(16)14-25-18-8-4-3-7-17(18)20/h1-8,20H,9-14H2,(H,21,23)/p+1/t20-/m1/s1. The molecule has 0 aromatic heterocycles. The largest absolute Gasteiger partial charge is 0.370 e. The summed E-state index contributed by atoms with van der Waals surface area (Å²) in [5, 5.41) is 3.30. The third-order valence-corrected chi connectivity index (χ3v) is 6.03. The summed E-state index contributed by atoms with van der Waals surface area (Å²) in [4.78, 5) is 15.3. The molecule has 0 aliphatic carbocycles. The minimum absolute atomic E-state index is 0.0738. The number of quaternary nitrogens is 1. The molecule has 0 spiro atoms. The van der Waals surface area contributed by atoms with Gasteiger partial charge in [0.15, 0.2) is 6.54 Å². The van der Waals surface area contributed by atoms with E-state index >= 15 is 0 Å². The molecule has 2 N–H and O–H groups in total. The fraction of sp³-hybridized carbons (Fsp3) is 0.350. The average Bonchev–Trinajstić information content (AvgIpc) is 2.80. The molecule has 1 fully saturated rings. The predicted molar refractivity (Wildman–Crippen MR) is 98.8 cm³/mol. The number of thioether (sulfide) groups is 1. The Hall–Kier alpha value is -1.82. The Morgan fingerprint density at radius 2 is 1.80 bits per heavy atom. The molecule has 2 heterocycles. The van der Waals surface area contributed by atoms with Crippen LogP contribution in [0.15, 0.2) is 53.4 Å². The maximum atomic E-state index is 12.7. The first kappa shape index (κ1) is 16.6. The number of rotatable bonds is 3. The number of nitrogens with one attached hydrogen (secondary N) is 2. The van der Waals surface area contributed by atoms with Crippen molar-refractivity contribution in [3.8, 4) is 0 Å². The van der Waals surface area contributed by atoms with Gasteiger partial charge in [0, 0.05) is 10.6 Å². The van der Waals surface area contributed by atoms with Gasteiger partial charge in [-0.25, -0.2) is 0 Å². The SMILES string of the molecule is O=C(C[NH+]1CCOCC1)N[C@@H]1c2ccccc2CSc2ccccc21. The lowest BCUT2D eigenvalue weighted by Gasteiger charge is -2.25. The van der Waals surface area contributed by atoms with Crippen molar-refractivity contribution in [3.05, 3.63) is 65.2 Å². The molecular formula is C20H23N2O2S+. The van der Waals surface area contributed by atoms with Gasteiger partial charge in [-0.05, 0) is 22.8 Å². The molecule has 0 bridgehead atoms. The van der Waals surface area contributed by atoms with E-state index in [4.69, 9.17) is 4.74 Å². The van der Waals surface area contributed by atoms with E-state index in [1.165, 1.54) is 26.5 Å². The number of fused-ring (bicyclic) bond motifs is 2. The minimum Gasteiger partial charge on any atom is -0.370 e. The lowest BCUT2D eigenvalue weighted by Crippen LogP contribution is -3.15. The summed E-state index contributed by atoms with van der Waals surface area (Å²) in [7, 11) is 0. The highest BCUT2D eigenvalue weighted by molar-refractivity contribution is 7.98. The van der Waals surface area contributed by atoms with Crippen LogP contribution in [0.2, 0.25) is 0 Å². The van der Waals surface area contributed by atoms with E-state index in [-0.39, 0.29) is 11.9 Å². The molecule has 2 aliphatic heterocycles. The Kier molecular flexibility index (Phi) is 5.06. The van der Waals surface area contributed by atoms with E-state index in [0.717, 1.165) is 32.1 Å². The molecule has 1 atom stereocenters. The van der Waals surface area contributed by atoms with Crippen molar-refractivity contribution in [2.24, 2.45) is 0 Å². The highest BCUT2D eigenvalue weighted by atomic mass is 32.2. The third kappa shape index (κ3) is 3.73. The Morgan fingerprint density at radius 3 is 2.64 bits per heavy atom. The van der Waals surface area contributed by atoms with E-state index in [9.17, 15) is 4.79 Å². The van der Waals surface area contributed by atoms with Gasteiger partial charge >= 0.3 is 0 Å². The molecular weight excluding hydrogens is 332 g/mol. The quantitative estimate of drug-likeness (QED) is 0.875. The van der Waals surface area contributed by atoms with Gasteiger partial charge in [-0.2, -0.15) is 0 Å². The molecule has 130 valence electrons. The van der Waals surface area contributed by atoms with Crippen LogP contribution in [-0.2, 0) is 15.3 Å². The van der Waals surface area contributed by atoms with E-state index in [0.29, 0.717) is 6.54 Å². The Labute approximate surface area is 152 Å². The minimum atomic E-state index is -0.0738. The summed E-state index contributed by atoms with van der Waals surface area (Å²) in [5.41, 5.74) is 3.71. The number of benzene rings is 2. The van der Waals surface area contributed by atoms with Crippen molar-refractivity contribution in [3.63, 3.8) is 0 Å². The number of hydrogen-bond donors (Lipinski definition) is 2. The smallest absolute Gasteiger partial charge is 0.275 e. The van der Waals surface area contributed by atoms with Gasteiger partial charge in [-0.3, -0.25) is 4.79 Å². The molecule has 4 rings (SSSR count). The second-order valence-corrected chi connectivity index (χ2v) is 7.58. The number of hydrogen-bond acceptors (Lipinski definition) is 3. The van der Waals surface area contributed by atoms with Crippen molar-refractivity contribution in [1.82, 2.24) is 5.32 Å². The zero-order valence-corrected chi connectivity index (χ0v) is 15.0. The molecule has 2 aromatic rings. The third-order valence-electron chi connectivity index (χ3n) is 4.90. The summed E-state index contributed by atoms with van der Waals surface area (Å²) >= 11 is 1.85. The van der Waals surface area contributed by atoms with Crippen LogP contribution < -0.4 is 10.2 Å². The fourth-order valence-electron chi connectivity index (χ4n) is 3.55.